The molecule has 134 valence electrons. The molecule has 0 bridgehead atoms. The number of methoxy groups -OCH3 is 1. The minimum absolute atomic E-state index is 0.0141. The number of para-hydroxylation sites is 1. The van der Waals surface area contributed by atoms with Crippen LogP contribution in [0.4, 0.5) is 10.1 Å². The lowest BCUT2D eigenvalue weighted by Gasteiger charge is -2.18. The Morgan fingerprint density at radius 3 is 2.60 bits per heavy atom. The summed E-state index contributed by atoms with van der Waals surface area (Å²) >= 11 is 5.94. The van der Waals surface area contributed by atoms with Gasteiger partial charge in [0.1, 0.15) is 16.5 Å². The number of likely N-dealkylation sites (N-methyl/N-ethyl adjacent to an activating group) is 1. The Labute approximate surface area is 150 Å². The summed E-state index contributed by atoms with van der Waals surface area (Å²) in [6.07, 6.45) is 0. The number of hydrogen-bond donors (Lipinski definition) is 1. The highest BCUT2D eigenvalue weighted by Crippen LogP contribution is 2.27. The molecule has 0 saturated heterocycles. The number of carbonyl (C=O) groups is 1. The van der Waals surface area contributed by atoms with Crippen LogP contribution in [0.2, 0.25) is 5.02 Å². The van der Waals surface area contributed by atoms with Crippen molar-refractivity contribution < 1.29 is 22.3 Å². The zero-order chi connectivity index (χ0) is 18.6. The van der Waals surface area contributed by atoms with Gasteiger partial charge in [0.05, 0.1) is 24.4 Å². The molecule has 9 heteroatoms. The van der Waals surface area contributed by atoms with Gasteiger partial charge < -0.3 is 10.1 Å². The Bertz CT molecular complexity index is 889. The number of anilines is 1. The second-order valence-corrected chi connectivity index (χ2v) is 7.50. The maximum Gasteiger partial charge on any atom is 0.247 e. The molecule has 1 N–H and O–H groups in total. The topological polar surface area (TPSA) is 75.7 Å². The van der Waals surface area contributed by atoms with Crippen LogP contribution >= 0.6 is 11.6 Å². The maximum atomic E-state index is 13.4. The molecule has 0 fully saturated rings. The fourth-order valence-corrected chi connectivity index (χ4v) is 3.53. The van der Waals surface area contributed by atoms with Crippen molar-refractivity contribution in [1.82, 2.24) is 4.31 Å². The highest BCUT2D eigenvalue weighted by Gasteiger charge is 2.27. The van der Waals surface area contributed by atoms with Crippen LogP contribution in [0, 0.1) is 5.82 Å². The molecule has 1 amide bonds. The number of rotatable bonds is 6. The summed E-state index contributed by atoms with van der Waals surface area (Å²) in [6.45, 7) is -0.479. The van der Waals surface area contributed by atoms with E-state index in [-0.39, 0.29) is 10.6 Å². The molecule has 0 spiro atoms. The zero-order valence-electron chi connectivity index (χ0n) is 13.5. The van der Waals surface area contributed by atoms with E-state index in [0.29, 0.717) is 10.7 Å². The van der Waals surface area contributed by atoms with E-state index >= 15 is 0 Å². The Kier molecular flexibility index (Phi) is 5.99. The molecule has 0 aliphatic rings. The van der Waals surface area contributed by atoms with E-state index in [9.17, 15) is 17.6 Å². The van der Waals surface area contributed by atoms with Gasteiger partial charge in [0, 0.05) is 7.05 Å². The van der Waals surface area contributed by atoms with E-state index in [1.54, 1.807) is 24.3 Å². The first-order valence-corrected chi connectivity index (χ1v) is 8.91. The average molecular weight is 387 g/mol. The van der Waals surface area contributed by atoms with Gasteiger partial charge in [-0.15, -0.1) is 0 Å². The second kappa shape index (κ2) is 7.81. The third kappa shape index (κ3) is 4.47. The molecule has 0 aliphatic heterocycles. The standard InChI is InChI=1S/C16H16ClFN2O4S/c1-20(10-16(21)19-13-6-4-3-5-12(13)17)25(22,23)15-9-11(18)7-8-14(15)24-2/h3-9H,10H2,1-2H3,(H,19,21). The zero-order valence-corrected chi connectivity index (χ0v) is 15.1. The molecular weight excluding hydrogens is 371 g/mol. The predicted molar refractivity (Wildman–Crippen MR) is 92.8 cm³/mol. The number of benzene rings is 2. The summed E-state index contributed by atoms with van der Waals surface area (Å²) < 4.78 is 44.4. The number of hydrogen-bond acceptors (Lipinski definition) is 4. The first-order valence-electron chi connectivity index (χ1n) is 7.10. The maximum absolute atomic E-state index is 13.4. The SMILES string of the molecule is COc1ccc(F)cc1S(=O)(=O)N(C)CC(=O)Nc1ccccc1Cl. The number of ether oxygens (including phenoxy) is 1. The van der Waals surface area contributed by atoms with Gasteiger partial charge in [-0.25, -0.2) is 12.8 Å². The molecule has 2 aromatic carbocycles. The van der Waals surface area contributed by atoms with Gasteiger partial charge in [-0.1, -0.05) is 23.7 Å². The average Bonchev–Trinajstić information content (AvgIpc) is 2.56. The largest absolute Gasteiger partial charge is 0.495 e. The van der Waals surface area contributed by atoms with Crippen molar-refractivity contribution in [3.8, 4) is 5.75 Å². The fraction of sp³-hybridized carbons (Fsp3) is 0.188. The van der Waals surface area contributed by atoms with Crippen molar-refractivity contribution in [2.24, 2.45) is 0 Å². The Morgan fingerprint density at radius 1 is 1.28 bits per heavy atom. The molecule has 0 unspecified atom stereocenters. The van der Waals surface area contributed by atoms with Crippen LogP contribution in [0.3, 0.4) is 0 Å². The number of amides is 1. The Balaban J connectivity index is 2.19. The third-order valence-electron chi connectivity index (χ3n) is 3.33. The van der Waals surface area contributed by atoms with Gasteiger partial charge in [-0.3, -0.25) is 4.79 Å². The van der Waals surface area contributed by atoms with Crippen molar-refractivity contribution in [3.05, 3.63) is 53.3 Å². The van der Waals surface area contributed by atoms with E-state index in [0.717, 1.165) is 16.4 Å². The van der Waals surface area contributed by atoms with Crippen LogP contribution < -0.4 is 10.1 Å². The Morgan fingerprint density at radius 2 is 1.96 bits per heavy atom. The van der Waals surface area contributed by atoms with Crippen LogP contribution in [0.25, 0.3) is 0 Å². The van der Waals surface area contributed by atoms with Gasteiger partial charge in [0.2, 0.25) is 15.9 Å². The minimum atomic E-state index is -4.13. The summed E-state index contributed by atoms with van der Waals surface area (Å²) in [4.78, 5) is 11.7. The number of nitrogens with one attached hydrogen (secondary N) is 1. The Hall–Kier alpha value is -2.16. The lowest BCUT2D eigenvalue weighted by atomic mass is 10.3. The molecule has 2 aromatic rings. The first-order chi connectivity index (χ1) is 11.8. The minimum Gasteiger partial charge on any atom is -0.495 e. The smallest absolute Gasteiger partial charge is 0.247 e. The van der Waals surface area contributed by atoms with Crippen LogP contribution in [0.15, 0.2) is 47.4 Å². The number of nitrogens with zero attached hydrogens (tertiary/aromatic N) is 1. The lowest BCUT2D eigenvalue weighted by Crippen LogP contribution is -2.35. The highest BCUT2D eigenvalue weighted by molar-refractivity contribution is 7.89. The lowest BCUT2D eigenvalue weighted by molar-refractivity contribution is -0.116. The number of sulfonamides is 1. The second-order valence-electron chi connectivity index (χ2n) is 5.08. The van der Waals surface area contributed by atoms with Crippen LogP contribution in [0.1, 0.15) is 0 Å². The molecule has 2 rings (SSSR count). The van der Waals surface area contributed by atoms with Crippen LogP contribution in [-0.2, 0) is 14.8 Å². The summed E-state index contributed by atoms with van der Waals surface area (Å²) in [6, 6.07) is 9.70. The van der Waals surface area contributed by atoms with Crippen molar-refractivity contribution in [3.63, 3.8) is 0 Å². The third-order valence-corrected chi connectivity index (χ3v) is 5.48. The molecule has 0 aromatic heterocycles. The molecule has 0 radical (unpaired) electrons. The quantitative estimate of drug-likeness (QED) is 0.828. The van der Waals surface area contributed by atoms with Gasteiger partial charge in [-0.05, 0) is 30.3 Å². The van der Waals surface area contributed by atoms with Gasteiger partial charge in [0.25, 0.3) is 0 Å². The first kappa shape index (κ1) is 19.2. The normalized spacial score (nSPS) is 11.4. The van der Waals surface area contributed by atoms with Crippen molar-refractivity contribution >= 4 is 33.2 Å². The van der Waals surface area contributed by atoms with Crippen molar-refractivity contribution in [2.75, 3.05) is 26.0 Å². The van der Waals surface area contributed by atoms with Crippen molar-refractivity contribution in [1.29, 1.82) is 0 Å². The summed E-state index contributed by atoms with van der Waals surface area (Å²) in [7, 11) is -1.64. The molecule has 0 saturated carbocycles. The van der Waals surface area contributed by atoms with Crippen molar-refractivity contribution in [2.45, 2.75) is 4.90 Å². The van der Waals surface area contributed by atoms with E-state index < -0.39 is 28.3 Å². The summed E-state index contributed by atoms with van der Waals surface area (Å²) in [5, 5.41) is 2.85. The molecule has 0 atom stereocenters. The monoisotopic (exact) mass is 386 g/mol. The summed E-state index contributed by atoms with van der Waals surface area (Å²) in [5.41, 5.74) is 0.364. The molecular formula is C16H16ClFN2O4S. The molecule has 6 nitrogen and oxygen atoms in total. The highest BCUT2D eigenvalue weighted by atomic mass is 35.5. The number of carbonyl (C=O) groups excluding carboxylic acids is 1. The molecule has 25 heavy (non-hydrogen) atoms. The van der Waals surface area contributed by atoms with E-state index in [1.807, 2.05) is 0 Å². The van der Waals surface area contributed by atoms with Gasteiger partial charge >= 0.3 is 0 Å². The van der Waals surface area contributed by atoms with Crippen LogP contribution in [-0.4, -0.2) is 39.3 Å². The van der Waals surface area contributed by atoms with Gasteiger partial charge in [-0.2, -0.15) is 4.31 Å². The summed E-state index contributed by atoms with van der Waals surface area (Å²) in [5.74, 6) is -1.33. The van der Waals surface area contributed by atoms with E-state index in [2.05, 4.69) is 5.32 Å². The fourth-order valence-electron chi connectivity index (χ4n) is 2.06. The van der Waals surface area contributed by atoms with E-state index in [1.165, 1.54) is 20.2 Å². The van der Waals surface area contributed by atoms with Crippen LogP contribution in [0.5, 0.6) is 5.75 Å². The predicted octanol–water partition coefficient (Wildman–Crippen LogP) is 2.75. The van der Waals surface area contributed by atoms with Gasteiger partial charge in [0.15, 0.2) is 0 Å². The molecule has 0 aliphatic carbocycles. The number of halogens is 2. The van der Waals surface area contributed by atoms with E-state index in [4.69, 9.17) is 16.3 Å². The molecule has 0 heterocycles.